The molecule has 0 aliphatic carbocycles. The van der Waals surface area contributed by atoms with E-state index in [1.54, 1.807) is 11.8 Å². The molecule has 0 saturated carbocycles. The topological polar surface area (TPSA) is 46.5 Å². The van der Waals surface area contributed by atoms with Gasteiger partial charge in [-0.1, -0.05) is 6.92 Å². The molecule has 0 aromatic carbocycles. The Morgan fingerprint density at radius 2 is 2.36 bits per heavy atom. The zero-order chi connectivity index (χ0) is 8.69. The fraction of sp³-hybridized carbons (Fsp3) is 0.857. The molecule has 0 rings (SSSR count). The molecule has 4 heteroatoms. The van der Waals surface area contributed by atoms with Crippen molar-refractivity contribution < 1.29 is 14.6 Å². The van der Waals surface area contributed by atoms with Crippen LogP contribution in [0, 0.1) is 5.92 Å². The van der Waals surface area contributed by atoms with Crippen LogP contribution in [0.2, 0.25) is 0 Å². The Morgan fingerprint density at radius 3 is 2.82 bits per heavy atom. The minimum Gasteiger partial charge on any atom is -0.463 e. The maximum absolute atomic E-state index is 10.9. The number of aliphatic hydroxyl groups excluding tert-OH is 1. The molecule has 1 N–H and O–H groups in total. The Bertz CT molecular complexity index is 116. The summed E-state index contributed by atoms with van der Waals surface area (Å²) in [7, 11) is 0. The monoisotopic (exact) mass is 178 g/mol. The van der Waals surface area contributed by atoms with Crippen LogP contribution in [0.25, 0.3) is 0 Å². The van der Waals surface area contributed by atoms with Crippen molar-refractivity contribution in [3.63, 3.8) is 0 Å². The molecule has 1 unspecified atom stereocenters. The van der Waals surface area contributed by atoms with Gasteiger partial charge in [0.05, 0.1) is 12.5 Å². The molecule has 0 bridgehead atoms. The van der Waals surface area contributed by atoms with Gasteiger partial charge in [-0.15, -0.1) is 0 Å². The highest BCUT2D eigenvalue weighted by Gasteiger charge is 2.12. The number of esters is 1. The molecule has 3 nitrogen and oxygen atoms in total. The quantitative estimate of drug-likeness (QED) is 0.623. The minimum atomic E-state index is -0.228. The lowest BCUT2D eigenvalue weighted by molar-refractivity contribution is -0.148. The molecule has 0 spiro atoms. The van der Waals surface area contributed by atoms with Crippen LogP contribution in [0.15, 0.2) is 0 Å². The summed E-state index contributed by atoms with van der Waals surface area (Å²) >= 11 is 1.61. The SMILES string of the molecule is CSCC(C)C(=O)OCCO. The Kier molecular flexibility index (Phi) is 6.36. The van der Waals surface area contributed by atoms with E-state index < -0.39 is 0 Å². The number of ether oxygens (including phenoxy) is 1. The van der Waals surface area contributed by atoms with Gasteiger partial charge in [0.2, 0.25) is 0 Å². The van der Waals surface area contributed by atoms with Crippen molar-refractivity contribution in [1.82, 2.24) is 0 Å². The first kappa shape index (κ1) is 10.8. The van der Waals surface area contributed by atoms with Crippen LogP contribution in [0.3, 0.4) is 0 Å². The van der Waals surface area contributed by atoms with E-state index >= 15 is 0 Å². The van der Waals surface area contributed by atoms with Gasteiger partial charge in [0, 0.05) is 5.75 Å². The highest BCUT2D eigenvalue weighted by molar-refractivity contribution is 7.98. The van der Waals surface area contributed by atoms with Crippen molar-refractivity contribution in [3.05, 3.63) is 0 Å². The summed E-state index contributed by atoms with van der Waals surface area (Å²) in [4.78, 5) is 10.9. The summed E-state index contributed by atoms with van der Waals surface area (Å²) in [5, 5.41) is 8.34. The van der Waals surface area contributed by atoms with Crippen LogP contribution in [0.5, 0.6) is 0 Å². The Morgan fingerprint density at radius 1 is 1.73 bits per heavy atom. The van der Waals surface area contributed by atoms with E-state index in [1.807, 2.05) is 13.2 Å². The molecule has 66 valence electrons. The molecule has 0 saturated heterocycles. The van der Waals surface area contributed by atoms with Gasteiger partial charge in [-0.25, -0.2) is 0 Å². The molecule has 0 fully saturated rings. The van der Waals surface area contributed by atoms with Crippen LogP contribution < -0.4 is 0 Å². The third-order valence-corrected chi connectivity index (χ3v) is 1.99. The summed E-state index contributed by atoms with van der Waals surface area (Å²) in [5.74, 6) is 0.467. The standard InChI is InChI=1S/C7H14O3S/c1-6(5-11-2)7(9)10-4-3-8/h6,8H,3-5H2,1-2H3. The predicted octanol–water partition coefficient (Wildman–Crippen LogP) is 0.521. The Labute approximate surface area is 71.1 Å². The van der Waals surface area contributed by atoms with Crippen molar-refractivity contribution >= 4 is 17.7 Å². The number of aliphatic hydroxyl groups is 1. The normalized spacial score (nSPS) is 12.6. The van der Waals surface area contributed by atoms with Crippen LogP contribution in [-0.2, 0) is 9.53 Å². The molecule has 0 aliphatic rings. The predicted molar refractivity (Wildman–Crippen MR) is 45.6 cm³/mol. The van der Waals surface area contributed by atoms with Gasteiger partial charge >= 0.3 is 5.97 Å². The van der Waals surface area contributed by atoms with E-state index in [-0.39, 0.29) is 25.1 Å². The molecule has 1 atom stereocenters. The van der Waals surface area contributed by atoms with Gasteiger partial charge in [-0.2, -0.15) is 11.8 Å². The molecular weight excluding hydrogens is 164 g/mol. The van der Waals surface area contributed by atoms with E-state index in [1.165, 1.54) is 0 Å². The lowest BCUT2D eigenvalue weighted by Crippen LogP contribution is -2.18. The highest BCUT2D eigenvalue weighted by Crippen LogP contribution is 2.05. The van der Waals surface area contributed by atoms with E-state index in [0.717, 1.165) is 5.75 Å². The first-order valence-electron chi connectivity index (χ1n) is 3.48. The first-order chi connectivity index (χ1) is 5.22. The second kappa shape index (κ2) is 6.49. The summed E-state index contributed by atoms with van der Waals surface area (Å²) in [6, 6.07) is 0. The van der Waals surface area contributed by atoms with Crippen molar-refractivity contribution in [2.75, 3.05) is 25.2 Å². The van der Waals surface area contributed by atoms with Gasteiger partial charge in [-0.05, 0) is 6.26 Å². The van der Waals surface area contributed by atoms with Crippen LogP contribution >= 0.6 is 11.8 Å². The van der Waals surface area contributed by atoms with Crippen molar-refractivity contribution in [2.24, 2.45) is 5.92 Å². The molecule has 0 heterocycles. The lowest BCUT2D eigenvalue weighted by atomic mass is 10.2. The largest absolute Gasteiger partial charge is 0.463 e. The third-order valence-electron chi connectivity index (χ3n) is 1.15. The van der Waals surface area contributed by atoms with Gasteiger partial charge in [0.15, 0.2) is 0 Å². The smallest absolute Gasteiger partial charge is 0.309 e. The van der Waals surface area contributed by atoms with E-state index in [4.69, 9.17) is 9.84 Å². The van der Waals surface area contributed by atoms with Gasteiger partial charge < -0.3 is 9.84 Å². The van der Waals surface area contributed by atoms with Crippen LogP contribution in [0.4, 0.5) is 0 Å². The fourth-order valence-corrected chi connectivity index (χ4v) is 1.24. The second-order valence-electron chi connectivity index (χ2n) is 2.25. The maximum atomic E-state index is 10.9. The Hall–Kier alpha value is -0.220. The molecular formula is C7H14O3S. The number of hydrogen-bond acceptors (Lipinski definition) is 4. The molecule has 0 amide bonds. The molecule has 0 aromatic heterocycles. The van der Waals surface area contributed by atoms with Gasteiger partial charge in [0.25, 0.3) is 0 Å². The summed E-state index contributed by atoms with van der Waals surface area (Å²) in [5.41, 5.74) is 0. The zero-order valence-corrected chi connectivity index (χ0v) is 7.69. The number of thioether (sulfide) groups is 1. The molecule has 0 aromatic rings. The lowest BCUT2D eigenvalue weighted by Gasteiger charge is -2.08. The number of rotatable bonds is 5. The van der Waals surface area contributed by atoms with E-state index in [0.29, 0.717) is 0 Å². The summed E-state index contributed by atoms with van der Waals surface area (Å²) in [6.45, 7) is 1.82. The van der Waals surface area contributed by atoms with Crippen LogP contribution in [-0.4, -0.2) is 36.3 Å². The van der Waals surface area contributed by atoms with Crippen molar-refractivity contribution in [3.8, 4) is 0 Å². The molecule has 0 aliphatic heterocycles. The van der Waals surface area contributed by atoms with Gasteiger partial charge in [0.1, 0.15) is 6.61 Å². The van der Waals surface area contributed by atoms with E-state index in [2.05, 4.69) is 0 Å². The first-order valence-corrected chi connectivity index (χ1v) is 4.88. The summed E-state index contributed by atoms with van der Waals surface area (Å²) in [6.07, 6.45) is 1.94. The average molecular weight is 178 g/mol. The van der Waals surface area contributed by atoms with Crippen molar-refractivity contribution in [1.29, 1.82) is 0 Å². The zero-order valence-electron chi connectivity index (χ0n) is 6.87. The number of hydrogen-bond donors (Lipinski definition) is 1. The highest BCUT2D eigenvalue weighted by atomic mass is 32.2. The maximum Gasteiger partial charge on any atom is 0.309 e. The van der Waals surface area contributed by atoms with Crippen molar-refractivity contribution in [2.45, 2.75) is 6.92 Å². The molecule has 11 heavy (non-hydrogen) atoms. The average Bonchev–Trinajstić information content (AvgIpc) is 2.00. The van der Waals surface area contributed by atoms with E-state index in [9.17, 15) is 4.79 Å². The number of carbonyl (C=O) groups excluding carboxylic acids is 1. The molecule has 0 radical (unpaired) electrons. The Balaban J connectivity index is 3.47. The third kappa shape index (κ3) is 5.09. The second-order valence-corrected chi connectivity index (χ2v) is 3.16. The minimum absolute atomic E-state index is 0.0726. The number of carbonyl (C=O) groups is 1. The van der Waals surface area contributed by atoms with Gasteiger partial charge in [-0.3, -0.25) is 4.79 Å². The summed E-state index contributed by atoms with van der Waals surface area (Å²) < 4.78 is 4.70. The van der Waals surface area contributed by atoms with Crippen LogP contribution in [0.1, 0.15) is 6.92 Å². The fourth-order valence-electron chi connectivity index (χ4n) is 0.607.